The first-order valence-electron chi connectivity index (χ1n) is 6.49. The molecule has 3 heteroatoms. The van der Waals surface area contributed by atoms with Crippen LogP contribution in [-0.2, 0) is 9.53 Å². The van der Waals surface area contributed by atoms with Crippen LogP contribution in [0.25, 0.3) is 0 Å². The van der Waals surface area contributed by atoms with Gasteiger partial charge in [-0.25, -0.2) is 4.79 Å². The number of aliphatic hydroxyl groups is 1. The van der Waals surface area contributed by atoms with Gasteiger partial charge >= 0.3 is 5.97 Å². The molecule has 0 aliphatic rings. The molecule has 0 aromatic rings. The molecule has 1 N–H and O–H groups in total. The fraction of sp³-hybridized carbons (Fsp3) is 0.786. The topological polar surface area (TPSA) is 46.5 Å². The summed E-state index contributed by atoms with van der Waals surface area (Å²) in [6.45, 7) is 8.42. The number of aliphatic hydroxyl groups excluding tert-OH is 1. The summed E-state index contributed by atoms with van der Waals surface area (Å²) in [6.07, 6.45) is 4.62. The second-order valence-electron chi connectivity index (χ2n) is 4.54. The van der Waals surface area contributed by atoms with Crippen molar-refractivity contribution in [3.05, 3.63) is 11.6 Å². The molecule has 0 radical (unpaired) electrons. The van der Waals surface area contributed by atoms with Crippen LogP contribution >= 0.6 is 0 Å². The normalized spacial score (nSPS) is 15.5. The van der Waals surface area contributed by atoms with Crippen molar-refractivity contribution in [2.45, 2.75) is 47.0 Å². The SMILES string of the molecule is CC=C(C)C(=O)OCC(CC)CC(CC)CO. The lowest BCUT2D eigenvalue weighted by Gasteiger charge is -2.20. The molecular weight excluding hydrogens is 216 g/mol. The minimum absolute atomic E-state index is 0.217. The van der Waals surface area contributed by atoms with Crippen LogP contribution in [0.1, 0.15) is 47.0 Å². The molecule has 0 saturated heterocycles. The Morgan fingerprint density at radius 1 is 1.29 bits per heavy atom. The average Bonchev–Trinajstić information content (AvgIpc) is 2.37. The molecule has 0 aromatic carbocycles. The Hall–Kier alpha value is -0.830. The molecular formula is C14H26O3. The summed E-state index contributed by atoms with van der Waals surface area (Å²) in [5.41, 5.74) is 0.647. The predicted molar refractivity (Wildman–Crippen MR) is 69.7 cm³/mol. The van der Waals surface area contributed by atoms with E-state index in [0.717, 1.165) is 19.3 Å². The summed E-state index contributed by atoms with van der Waals surface area (Å²) in [5, 5.41) is 9.16. The Bertz CT molecular complexity index is 242. The van der Waals surface area contributed by atoms with Crippen molar-refractivity contribution in [3.63, 3.8) is 0 Å². The number of ether oxygens (including phenoxy) is 1. The maximum Gasteiger partial charge on any atom is 0.333 e. The first-order chi connectivity index (χ1) is 8.08. The van der Waals surface area contributed by atoms with E-state index in [2.05, 4.69) is 13.8 Å². The zero-order valence-electron chi connectivity index (χ0n) is 11.5. The minimum Gasteiger partial charge on any atom is -0.462 e. The molecule has 0 rings (SSSR count). The first-order valence-corrected chi connectivity index (χ1v) is 6.49. The van der Waals surface area contributed by atoms with E-state index in [-0.39, 0.29) is 12.6 Å². The molecule has 0 saturated carbocycles. The van der Waals surface area contributed by atoms with Crippen LogP contribution in [0.5, 0.6) is 0 Å². The largest absolute Gasteiger partial charge is 0.462 e. The van der Waals surface area contributed by atoms with Gasteiger partial charge in [0, 0.05) is 12.2 Å². The molecule has 0 aromatic heterocycles. The van der Waals surface area contributed by atoms with Gasteiger partial charge in [-0.2, -0.15) is 0 Å². The van der Waals surface area contributed by atoms with E-state index < -0.39 is 0 Å². The summed E-state index contributed by atoms with van der Waals surface area (Å²) in [7, 11) is 0. The predicted octanol–water partition coefficient (Wildman–Crippen LogP) is 2.93. The van der Waals surface area contributed by atoms with Crippen molar-refractivity contribution < 1.29 is 14.6 Å². The number of hydrogen-bond donors (Lipinski definition) is 1. The summed E-state index contributed by atoms with van der Waals surface area (Å²) in [5.74, 6) is 0.435. The summed E-state index contributed by atoms with van der Waals surface area (Å²) < 4.78 is 5.25. The number of carbonyl (C=O) groups excluding carboxylic acids is 1. The van der Waals surface area contributed by atoms with E-state index in [9.17, 15) is 4.79 Å². The summed E-state index contributed by atoms with van der Waals surface area (Å²) >= 11 is 0. The van der Waals surface area contributed by atoms with Gasteiger partial charge in [-0.3, -0.25) is 0 Å². The Balaban J connectivity index is 4.10. The van der Waals surface area contributed by atoms with Crippen molar-refractivity contribution in [2.24, 2.45) is 11.8 Å². The van der Waals surface area contributed by atoms with E-state index >= 15 is 0 Å². The van der Waals surface area contributed by atoms with E-state index in [4.69, 9.17) is 9.84 Å². The number of rotatable bonds is 8. The van der Waals surface area contributed by atoms with Gasteiger partial charge in [0.05, 0.1) is 6.61 Å². The van der Waals surface area contributed by atoms with Gasteiger partial charge in [0.2, 0.25) is 0 Å². The van der Waals surface area contributed by atoms with Crippen LogP contribution in [0, 0.1) is 11.8 Å². The molecule has 0 spiro atoms. The first kappa shape index (κ1) is 16.2. The van der Waals surface area contributed by atoms with Gasteiger partial charge in [0.25, 0.3) is 0 Å². The molecule has 2 atom stereocenters. The molecule has 0 aliphatic carbocycles. The highest BCUT2D eigenvalue weighted by Gasteiger charge is 2.15. The van der Waals surface area contributed by atoms with Crippen LogP contribution in [0.15, 0.2) is 11.6 Å². The van der Waals surface area contributed by atoms with Crippen LogP contribution in [0.2, 0.25) is 0 Å². The van der Waals surface area contributed by atoms with Gasteiger partial charge < -0.3 is 9.84 Å². The standard InChI is InChI=1S/C14H26O3/c1-5-11(4)14(16)17-10-13(7-3)8-12(6-2)9-15/h5,12-13,15H,6-10H2,1-4H3. The Kier molecular flexibility index (Phi) is 8.78. The smallest absolute Gasteiger partial charge is 0.333 e. The summed E-state index contributed by atoms with van der Waals surface area (Å²) in [4.78, 5) is 11.5. The van der Waals surface area contributed by atoms with Crippen molar-refractivity contribution in [2.75, 3.05) is 13.2 Å². The fourth-order valence-corrected chi connectivity index (χ4v) is 1.62. The van der Waals surface area contributed by atoms with Gasteiger partial charge in [-0.15, -0.1) is 0 Å². The van der Waals surface area contributed by atoms with E-state index in [1.807, 2.05) is 6.92 Å². The van der Waals surface area contributed by atoms with Crippen molar-refractivity contribution in [1.82, 2.24) is 0 Å². The van der Waals surface area contributed by atoms with Crippen molar-refractivity contribution >= 4 is 5.97 Å². The maximum atomic E-state index is 11.5. The zero-order chi connectivity index (χ0) is 13.3. The lowest BCUT2D eigenvalue weighted by Crippen LogP contribution is -2.18. The quantitative estimate of drug-likeness (QED) is 0.526. The van der Waals surface area contributed by atoms with Crippen LogP contribution < -0.4 is 0 Å². The Morgan fingerprint density at radius 2 is 1.88 bits per heavy atom. The van der Waals surface area contributed by atoms with Gasteiger partial charge in [0.1, 0.15) is 0 Å². The molecule has 2 unspecified atom stereocenters. The molecule has 3 nitrogen and oxygen atoms in total. The zero-order valence-corrected chi connectivity index (χ0v) is 11.5. The second kappa shape index (κ2) is 9.23. The molecule has 17 heavy (non-hydrogen) atoms. The third kappa shape index (κ3) is 6.47. The molecule has 0 bridgehead atoms. The van der Waals surface area contributed by atoms with Crippen molar-refractivity contribution in [1.29, 1.82) is 0 Å². The van der Waals surface area contributed by atoms with Crippen LogP contribution in [0.4, 0.5) is 0 Å². The van der Waals surface area contributed by atoms with E-state index in [1.54, 1.807) is 13.0 Å². The maximum absolute atomic E-state index is 11.5. The van der Waals surface area contributed by atoms with E-state index in [0.29, 0.717) is 24.0 Å². The fourth-order valence-electron chi connectivity index (χ4n) is 1.62. The number of hydrogen-bond acceptors (Lipinski definition) is 3. The Labute approximate surface area is 105 Å². The molecule has 0 aliphatic heterocycles. The summed E-state index contributed by atoms with van der Waals surface area (Å²) in [6, 6.07) is 0. The van der Waals surface area contributed by atoms with Crippen molar-refractivity contribution in [3.8, 4) is 0 Å². The molecule has 0 amide bonds. The third-order valence-electron chi connectivity index (χ3n) is 3.28. The Morgan fingerprint density at radius 3 is 2.29 bits per heavy atom. The highest BCUT2D eigenvalue weighted by Crippen LogP contribution is 2.18. The third-order valence-corrected chi connectivity index (χ3v) is 3.28. The molecule has 0 fully saturated rings. The molecule has 0 heterocycles. The highest BCUT2D eigenvalue weighted by molar-refractivity contribution is 5.87. The number of allylic oxidation sites excluding steroid dienone is 1. The average molecular weight is 242 g/mol. The second-order valence-corrected chi connectivity index (χ2v) is 4.54. The van der Waals surface area contributed by atoms with E-state index in [1.165, 1.54) is 0 Å². The lowest BCUT2D eigenvalue weighted by atomic mass is 9.92. The lowest BCUT2D eigenvalue weighted by molar-refractivity contribution is -0.140. The number of esters is 1. The monoisotopic (exact) mass is 242 g/mol. The number of carbonyl (C=O) groups is 1. The minimum atomic E-state index is -0.233. The van der Waals surface area contributed by atoms with Gasteiger partial charge in [0.15, 0.2) is 0 Å². The highest BCUT2D eigenvalue weighted by atomic mass is 16.5. The van der Waals surface area contributed by atoms with Gasteiger partial charge in [-0.05, 0) is 32.1 Å². The molecule has 100 valence electrons. The van der Waals surface area contributed by atoms with Crippen LogP contribution in [0.3, 0.4) is 0 Å². The van der Waals surface area contributed by atoms with Crippen LogP contribution in [-0.4, -0.2) is 24.3 Å². The van der Waals surface area contributed by atoms with Gasteiger partial charge in [-0.1, -0.05) is 32.8 Å².